The van der Waals surface area contributed by atoms with Gasteiger partial charge in [-0.25, -0.2) is 0 Å². The van der Waals surface area contributed by atoms with E-state index in [9.17, 15) is 14.4 Å². The molecule has 0 spiro atoms. The van der Waals surface area contributed by atoms with E-state index in [1.54, 1.807) is 18.9 Å². The molecule has 0 aliphatic carbocycles. The average Bonchev–Trinajstić information content (AvgIpc) is 2.94. The highest BCUT2D eigenvalue weighted by Gasteiger charge is 2.22. The summed E-state index contributed by atoms with van der Waals surface area (Å²) in [4.78, 5) is 37.9. The molecule has 2 amide bonds. The summed E-state index contributed by atoms with van der Waals surface area (Å²) in [5.41, 5.74) is 1.71. The van der Waals surface area contributed by atoms with E-state index in [1.807, 2.05) is 24.3 Å². The second kappa shape index (κ2) is 7.26. The van der Waals surface area contributed by atoms with Crippen LogP contribution in [0.3, 0.4) is 0 Å². The molecule has 1 N–H and O–H groups in total. The van der Waals surface area contributed by atoms with Crippen LogP contribution in [0.25, 0.3) is 0 Å². The zero-order chi connectivity index (χ0) is 17.0. The predicted molar refractivity (Wildman–Crippen MR) is 86.2 cm³/mol. The second-order valence-electron chi connectivity index (χ2n) is 6.01. The lowest BCUT2D eigenvalue weighted by Crippen LogP contribution is -2.34. The number of carboxylic acid groups (broad SMARTS) is 1. The van der Waals surface area contributed by atoms with Gasteiger partial charge in [-0.3, -0.25) is 14.4 Å². The molecule has 124 valence electrons. The lowest BCUT2D eigenvalue weighted by molar-refractivity contribution is -0.142. The number of rotatable bonds is 6. The highest BCUT2D eigenvalue weighted by molar-refractivity contribution is 5.95. The van der Waals surface area contributed by atoms with E-state index in [0.717, 1.165) is 24.2 Å². The smallest absolute Gasteiger partial charge is 0.308 e. The lowest BCUT2D eigenvalue weighted by Gasteiger charge is -2.20. The summed E-state index contributed by atoms with van der Waals surface area (Å²) >= 11 is 0. The summed E-state index contributed by atoms with van der Waals surface area (Å²) in [6.45, 7) is 2.51. The molecule has 1 saturated heterocycles. The molecule has 1 atom stereocenters. The maximum Gasteiger partial charge on any atom is 0.308 e. The molecule has 1 aliphatic rings. The Bertz CT molecular complexity index is 597. The molecule has 1 fully saturated rings. The molecule has 23 heavy (non-hydrogen) atoms. The topological polar surface area (TPSA) is 77.9 Å². The number of benzene rings is 1. The molecule has 1 aromatic carbocycles. The van der Waals surface area contributed by atoms with Crippen molar-refractivity contribution >= 4 is 23.5 Å². The number of aliphatic carboxylic acids is 1. The zero-order valence-electron chi connectivity index (χ0n) is 13.5. The van der Waals surface area contributed by atoms with E-state index in [1.165, 1.54) is 4.90 Å². The number of nitrogens with zero attached hydrogens (tertiary/aromatic N) is 2. The maximum absolute atomic E-state index is 12.1. The minimum atomic E-state index is -0.913. The quantitative estimate of drug-likeness (QED) is 0.863. The van der Waals surface area contributed by atoms with E-state index in [0.29, 0.717) is 6.42 Å². The Hall–Kier alpha value is -2.37. The number of carbonyl (C=O) groups is 3. The number of hydrogen-bond donors (Lipinski definition) is 1. The van der Waals surface area contributed by atoms with Crippen molar-refractivity contribution in [2.75, 3.05) is 25.0 Å². The Morgan fingerprint density at radius 2 is 1.96 bits per heavy atom. The average molecular weight is 318 g/mol. The van der Waals surface area contributed by atoms with Crippen LogP contribution in [0, 0.1) is 5.92 Å². The number of likely N-dealkylation sites (N-methyl/N-ethyl adjacent to an activating group) is 1. The molecule has 1 aliphatic heterocycles. The molecule has 0 bridgehead atoms. The summed E-state index contributed by atoms with van der Waals surface area (Å²) in [5.74, 6) is -1.49. The summed E-state index contributed by atoms with van der Waals surface area (Å²) in [6, 6.07) is 7.39. The standard InChI is InChI=1S/C17H22N2O4/c1-12(17(22)23)11-18(2)16(21)10-13-5-7-14(8-6-13)19-9-3-4-15(19)20/h5-8,12H,3-4,9-11H2,1-2H3,(H,22,23)/t12-/m1/s1. The molecular weight excluding hydrogens is 296 g/mol. The fraction of sp³-hybridized carbons (Fsp3) is 0.471. The Kier molecular flexibility index (Phi) is 5.36. The minimum Gasteiger partial charge on any atom is -0.481 e. The molecule has 1 heterocycles. The van der Waals surface area contributed by atoms with Crippen LogP contribution in [0.15, 0.2) is 24.3 Å². The Morgan fingerprint density at radius 1 is 1.30 bits per heavy atom. The SMILES string of the molecule is C[C@H](CN(C)C(=O)Cc1ccc(N2CCCC2=O)cc1)C(=O)O. The van der Waals surface area contributed by atoms with Gasteiger partial charge in [-0.2, -0.15) is 0 Å². The number of hydrogen-bond acceptors (Lipinski definition) is 3. The van der Waals surface area contributed by atoms with Crippen molar-refractivity contribution in [3.63, 3.8) is 0 Å². The van der Waals surface area contributed by atoms with Crippen LogP contribution in [0.2, 0.25) is 0 Å². The first-order valence-electron chi connectivity index (χ1n) is 7.74. The first-order valence-corrected chi connectivity index (χ1v) is 7.74. The van der Waals surface area contributed by atoms with Crippen molar-refractivity contribution in [3.05, 3.63) is 29.8 Å². The van der Waals surface area contributed by atoms with Crippen molar-refractivity contribution in [1.29, 1.82) is 0 Å². The van der Waals surface area contributed by atoms with Gasteiger partial charge in [-0.15, -0.1) is 0 Å². The zero-order valence-corrected chi connectivity index (χ0v) is 13.5. The highest BCUT2D eigenvalue weighted by atomic mass is 16.4. The van der Waals surface area contributed by atoms with Gasteiger partial charge in [0.15, 0.2) is 0 Å². The maximum atomic E-state index is 12.1. The molecule has 2 rings (SSSR count). The molecule has 0 radical (unpaired) electrons. The third kappa shape index (κ3) is 4.31. The third-order valence-corrected chi connectivity index (χ3v) is 4.07. The van der Waals surface area contributed by atoms with Gasteiger partial charge in [0.05, 0.1) is 12.3 Å². The molecule has 0 saturated carbocycles. The number of carboxylic acids is 1. The molecular formula is C17H22N2O4. The van der Waals surface area contributed by atoms with Crippen molar-refractivity contribution in [2.45, 2.75) is 26.2 Å². The molecule has 6 heteroatoms. The fourth-order valence-electron chi connectivity index (χ4n) is 2.62. The number of carbonyl (C=O) groups excluding carboxylic acids is 2. The Balaban J connectivity index is 1.93. The van der Waals surface area contributed by atoms with E-state index < -0.39 is 11.9 Å². The highest BCUT2D eigenvalue weighted by Crippen LogP contribution is 2.21. The van der Waals surface area contributed by atoms with Gasteiger partial charge in [0.1, 0.15) is 0 Å². The lowest BCUT2D eigenvalue weighted by atomic mass is 10.1. The van der Waals surface area contributed by atoms with Crippen molar-refractivity contribution in [2.24, 2.45) is 5.92 Å². The van der Waals surface area contributed by atoms with Crippen LogP contribution in [0.1, 0.15) is 25.3 Å². The van der Waals surface area contributed by atoms with Gasteiger partial charge in [0, 0.05) is 32.2 Å². The largest absolute Gasteiger partial charge is 0.481 e. The van der Waals surface area contributed by atoms with Crippen LogP contribution in [0.4, 0.5) is 5.69 Å². The molecule has 0 unspecified atom stereocenters. The van der Waals surface area contributed by atoms with Crippen LogP contribution in [-0.2, 0) is 20.8 Å². The van der Waals surface area contributed by atoms with Crippen LogP contribution in [0.5, 0.6) is 0 Å². The van der Waals surface area contributed by atoms with Gasteiger partial charge in [-0.05, 0) is 24.1 Å². The van der Waals surface area contributed by atoms with E-state index in [2.05, 4.69) is 0 Å². The minimum absolute atomic E-state index is 0.122. The van der Waals surface area contributed by atoms with Crippen molar-refractivity contribution in [3.8, 4) is 0 Å². The third-order valence-electron chi connectivity index (χ3n) is 4.07. The molecule has 1 aromatic rings. The normalized spacial score (nSPS) is 15.6. The summed E-state index contributed by atoms with van der Waals surface area (Å²) < 4.78 is 0. The number of anilines is 1. The van der Waals surface area contributed by atoms with Gasteiger partial charge >= 0.3 is 5.97 Å². The van der Waals surface area contributed by atoms with Gasteiger partial charge in [0.2, 0.25) is 11.8 Å². The monoisotopic (exact) mass is 318 g/mol. The first kappa shape index (κ1) is 17.0. The van der Waals surface area contributed by atoms with E-state index in [4.69, 9.17) is 5.11 Å². The van der Waals surface area contributed by atoms with Crippen molar-refractivity contribution < 1.29 is 19.5 Å². The van der Waals surface area contributed by atoms with Gasteiger partial charge in [0.25, 0.3) is 0 Å². The predicted octanol–water partition coefficient (Wildman–Crippen LogP) is 1.53. The van der Waals surface area contributed by atoms with Crippen molar-refractivity contribution in [1.82, 2.24) is 4.90 Å². The van der Waals surface area contributed by atoms with Crippen LogP contribution >= 0.6 is 0 Å². The van der Waals surface area contributed by atoms with E-state index >= 15 is 0 Å². The number of amides is 2. The summed E-state index contributed by atoms with van der Waals surface area (Å²) in [6.07, 6.45) is 1.69. The summed E-state index contributed by atoms with van der Waals surface area (Å²) in [7, 11) is 1.61. The van der Waals surface area contributed by atoms with Crippen LogP contribution < -0.4 is 4.90 Å². The van der Waals surface area contributed by atoms with Gasteiger partial charge < -0.3 is 14.9 Å². The molecule has 0 aromatic heterocycles. The summed E-state index contributed by atoms with van der Waals surface area (Å²) in [5, 5.41) is 8.89. The molecule has 6 nitrogen and oxygen atoms in total. The van der Waals surface area contributed by atoms with E-state index in [-0.39, 0.29) is 24.8 Å². The Labute approximate surface area is 135 Å². The first-order chi connectivity index (χ1) is 10.9. The second-order valence-corrected chi connectivity index (χ2v) is 6.01. The van der Waals surface area contributed by atoms with Gasteiger partial charge in [-0.1, -0.05) is 19.1 Å². The van der Waals surface area contributed by atoms with Crippen LogP contribution in [-0.4, -0.2) is 47.9 Å². The fourth-order valence-corrected chi connectivity index (χ4v) is 2.62. The Morgan fingerprint density at radius 3 is 2.48 bits per heavy atom.